The molecule has 6 heteroatoms. The van der Waals surface area contributed by atoms with E-state index < -0.39 is 5.92 Å². The molecule has 1 atom stereocenters. The zero-order chi connectivity index (χ0) is 23.9. The number of Topliss-reactive ketones (excluding diaryl/α,β-unsaturated/α-hetero) is 1. The molecule has 0 spiro atoms. The summed E-state index contributed by atoms with van der Waals surface area (Å²) in [5.41, 5.74) is 11.9. The fourth-order valence-electron chi connectivity index (χ4n) is 4.97. The van der Waals surface area contributed by atoms with Gasteiger partial charge in [0, 0.05) is 22.6 Å². The van der Waals surface area contributed by atoms with Crippen molar-refractivity contribution < 1.29 is 4.79 Å². The van der Waals surface area contributed by atoms with E-state index >= 15 is 0 Å². The summed E-state index contributed by atoms with van der Waals surface area (Å²) in [6.07, 6.45) is 2.14. The van der Waals surface area contributed by atoms with Crippen molar-refractivity contribution in [3.05, 3.63) is 69.0 Å². The number of ketones is 1. The normalized spacial score (nSPS) is 20.2. The summed E-state index contributed by atoms with van der Waals surface area (Å²) in [5.74, 6) is 1.10. The Hall–Kier alpha value is -2.49. The van der Waals surface area contributed by atoms with Crippen molar-refractivity contribution in [1.29, 1.82) is 5.26 Å². The number of rotatable bonds is 5. The maximum Gasteiger partial charge on any atom is 0.162 e. The van der Waals surface area contributed by atoms with Crippen molar-refractivity contribution in [2.75, 3.05) is 10.7 Å². The number of nitriles is 1. The standard InChI is InChI=1S/C27H31N3OS2/c1-6-17-12-18(26(33-17)32-7-2)23-19(15-28)25(29)30(20-11-9-8-10-16(20)3)21-13-27(4,5)14-22(31)24(21)23/h8-12,23H,6-7,13-14,29H2,1-5H3. The summed E-state index contributed by atoms with van der Waals surface area (Å²) in [4.78, 5) is 17.0. The number of carbonyl (C=O) groups is 1. The molecule has 0 fully saturated rings. The first-order valence-corrected chi connectivity index (χ1v) is 13.3. The summed E-state index contributed by atoms with van der Waals surface area (Å²) in [6, 6.07) is 12.6. The predicted octanol–water partition coefficient (Wildman–Crippen LogP) is 6.67. The topological polar surface area (TPSA) is 70.1 Å². The Labute approximate surface area is 205 Å². The van der Waals surface area contributed by atoms with Gasteiger partial charge in [0.05, 0.1) is 27.5 Å². The molecule has 4 rings (SSSR count). The molecule has 0 radical (unpaired) electrons. The van der Waals surface area contributed by atoms with Crippen molar-refractivity contribution in [3.63, 3.8) is 0 Å². The Morgan fingerprint density at radius 3 is 2.64 bits per heavy atom. The Kier molecular flexibility index (Phi) is 6.48. The molecular weight excluding hydrogens is 446 g/mol. The lowest BCUT2D eigenvalue weighted by molar-refractivity contribution is -0.118. The van der Waals surface area contributed by atoms with Crippen LogP contribution in [0.1, 0.15) is 62.5 Å². The summed E-state index contributed by atoms with van der Waals surface area (Å²) in [5, 5.41) is 10.3. The monoisotopic (exact) mass is 477 g/mol. The van der Waals surface area contributed by atoms with Crippen LogP contribution in [0.5, 0.6) is 0 Å². The Balaban J connectivity index is 2.03. The number of thioether (sulfide) groups is 1. The van der Waals surface area contributed by atoms with E-state index in [4.69, 9.17) is 5.73 Å². The summed E-state index contributed by atoms with van der Waals surface area (Å²) >= 11 is 3.56. The number of carbonyl (C=O) groups excluding carboxylic acids is 1. The Morgan fingerprint density at radius 1 is 1.27 bits per heavy atom. The van der Waals surface area contributed by atoms with Gasteiger partial charge in [-0.3, -0.25) is 9.69 Å². The number of aryl methyl sites for hydroxylation is 2. The van der Waals surface area contributed by atoms with Crippen LogP contribution >= 0.6 is 23.1 Å². The van der Waals surface area contributed by atoms with E-state index in [0.717, 1.165) is 46.7 Å². The molecule has 2 heterocycles. The summed E-state index contributed by atoms with van der Waals surface area (Å²) < 4.78 is 1.19. The van der Waals surface area contributed by atoms with Gasteiger partial charge in [-0.2, -0.15) is 5.26 Å². The minimum atomic E-state index is -0.403. The van der Waals surface area contributed by atoms with Gasteiger partial charge in [0.25, 0.3) is 0 Å². The number of thiophene rings is 1. The number of para-hydroxylation sites is 1. The van der Waals surface area contributed by atoms with E-state index in [9.17, 15) is 10.1 Å². The molecule has 1 aliphatic heterocycles. The zero-order valence-corrected chi connectivity index (χ0v) is 21.6. The zero-order valence-electron chi connectivity index (χ0n) is 20.0. The SMILES string of the molecule is CCSc1sc(CC)cc1C1C(C#N)=C(N)N(c2ccccc2C)C2=C1C(=O)CC(C)(C)C2. The van der Waals surface area contributed by atoms with E-state index in [0.29, 0.717) is 17.8 Å². The lowest BCUT2D eigenvalue weighted by Gasteiger charge is -2.44. The molecule has 2 aromatic rings. The molecule has 0 amide bonds. The van der Waals surface area contributed by atoms with Gasteiger partial charge < -0.3 is 5.73 Å². The fraction of sp³-hybridized carbons (Fsp3) is 0.407. The van der Waals surface area contributed by atoms with Crippen molar-refractivity contribution in [2.45, 2.75) is 64.0 Å². The van der Waals surface area contributed by atoms with Gasteiger partial charge >= 0.3 is 0 Å². The average molecular weight is 478 g/mol. The number of hydrogen-bond acceptors (Lipinski definition) is 6. The molecule has 0 saturated carbocycles. The van der Waals surface area contributed by atoms with Crippen LogP contribution < -0.4 is 10.6 Å². The first-order chi connectivity index (χ1) is 15.7. The molecule has 1 aliphatic carbocycles. The average Bonchev–Trinajstić information content (AvgIpc) is 3.16. The molecule has 1 aromatic carbocycles. The molecule has 33 heavy (non-hydrogen) atoms. The van der Waals surface area contributed by atoms with Gasteiger partial charge in [-0.15, -0.1) is 23.1 Å². The molecule has 172 valence electrons. The lowest BCUT2D eigenvalue weighted by Crippen LogP contribution is -2.42. The smallest absolute Gasteiger partial charge is 0.162 e. The van der Waals surface area contributed by atoms with Crippen LogP contribution in [-0.2, 0) is 11.2 Å². The van der Waals surface area contributed by atoms with Crippen molar-refractivity contribution in [3.8, 4) is 6.07 Å². The second-order valence-electron chi connectivity index (χ2n) is 9.51. The second-order valence-corrected chi connectivity index (χ2v) is 12.2. The van der Waals surface area contributed by atoms with Crippen LogP contribution in [0, 0.1) is 23.7 Å². The molecule has 0 bridgehead atoms. The van der Waals surface area contributed by atoms with Gasteiger partial charge in [0.2, 0.25) is 0 Å². The van der Waals surface area contributed by atoms with E-state index in [2.05, 4.69) is 39.8 Å². The van der Waals surface area contributed by atoms with Crippen LogP contribution in [0.25, 0.3) is 0 Å². The third-order valence-electron chi connectivity index (χ3n) is 6.45. The number of benzene rings is 1. The molecule has 1 unspecified atom stereocenters. The molecule has 2 N–H and O–H groups in total. The van der Waals surface area contributed by atoms with Gasteiger partial charge in [-0.05, 0) is 54.2 Å². The van der Waals surface area contributed by atoms with Crippen molar-refractivity contribution in [1.82, 2.24) is 0 Å². The predicted molar refractivity (Wildman–Crippen MR) is 138 cm³/mol. The van der Waals surface area contributed by atoms with E-state index in [1.165, 1.54) is 9.09 Å². The first-order valence-electron chi connectivity index (χ1n) is 11.5. The molecule has 1 aromatic heterocycles. The third-order valence-corrected chi connectivity index (χ3v) is 8.93. The van der Waals surface area contributed by atoms with Gasteiger partial charge in [0.1, 0.15) is 5.82 Å². The largest absolute Gasteiger partial charge is 0.384 e. The molecule has 4 nitrogen and oxygen atoms in total. The third kappa shape index (κ3) is 4.13. The maximum atomic E-state index is 13.7. The highest BCUT2D eigenvalue weighted by Crippen LogP contribution is 2.52. The summed E-state index contributed by atoms with van der Waals surface area (Å²) in [7, 11) is 0. The highest BCUT2D eigenvalue weighted by molar-refractivity contribution is 8.01. The van der Waals surface area contributed by atoms with E-state index in [1.807, 2.05) is 36.1 Å². The van der Waals surface area contributed by atoms with Crippen LogP contribution in [0.2, 0.25) is 0 Å². The Morgan fingerprint density at radius 2 is 2.00 bits per heavy atom. The van der Waals surface area contributed by atoms with Crippen LogP contribution in [0.15, 0.2) is 57.2 Å². The quantitative estimate of drug-likeness (QED) is 0.487. The minimum absolute atomic E-state index is 0.127. The Bertz CT molecular complexity index is 1210. The summed E-state index contributed by atoms with van der Waals surface area (Å²) in [6.45, 7) is 10.6. The van der Waals surface area contributed by atoms with Crippen molar-refractivity contribution >= 4 is 34.6 Å². The number of nitrogens with two attached hydrogens (primary N) is 1. The number of allylic oxidation sites excluding steroid dienone is 3. The molecule has 0 saturated heterocycles. The maximum absolute atomic E-state index is 13.7. The number of hydrogen-bond donors (Lipinski definition) is 1. The second kappa shape index (κ2) is 9.04. The van der Waals surface area contributed by atoms with E-state index in [1.54, 1.807) is 23.1 Å². The number of anilines is 1. The molecular formula is C27H31N3OS2. The minimum Gasteiger partial charge on any atom is -0.384 e. The van der Waals surface area contributed by atoms with Crippen LogP contribution in [0.3, 0.4) is 0 Å². The van der Waals surface area contributed by atoms with Crippen molar-refractivity contribution in [2.24, 2.45) is 11.1 Å². The highest BCUT2D eigenvalue weighted by Gasteiger charge is 2.45. The molecule has 2 aliphatic rings. The highest BCUT2D eigenvalue weighted by atomic mass is 32.2. The van der Waals surface area contributed by atoms with Gasteiger partial charge in [-0.25, -0.2) is 0 Å². The van der Waals surface area contributed by atoms with Crippen LogP contribution in [-0.4, -0.2) is 11.5 Å². The number of nitrogens with zero attached hydrogens (tertiary/aromatic N) is 2. The van der Waals surface area contributed by atoms with Gasteiger partial charge in [-0.1, -0.05) is 45.9 Å². The van der Waals surface area contributed by atoms with E-state index in [-0.39, 0.29) is 11.2 Å². The van der Waals surface area contributed by atoms with Crippen LogP contribution in [0.4, 0.5) is 5.69 Å². The first kappa shape index (κ1) is 23.7. The lowest BCUT2D eigenvalue weighted by atomic mass is 9.69. The fourth-order valence-corrected chi connectivity index (χ4v) is 7.35. The van der Waals surface area contributed by atoms with Gasteiger partial charge in [0.15, 0.2) is 5.78 Å².